The van der Waals surface area contributed by atoms with Crippen molar-refractivity contribution in [1.29, 1.82) is 0 Å². The van der Waals surface area contributed by atoms with Crippen LogP contribution >= 0.6 is 0 Å². The lowest BCUT2D eigenvalue weighted by atomic mass is 9.99. The van der Waals surface area contributed by atoms with Crippen molar-refractivity contribution in [2.24, 2.45) is 5.92 Å². The van der Waals surface area contributed by atoms with Gasteiger partial charge in [-0.15, -0.1) is 0 Å². The Labute approximate surface area is 154 Å². The molecule has 0 N–H and O–H groups in total. The third kappa shape index (κ3) is 4.23. The molecule has 0 radical (unpaired) electrons. The van der Waals surface area contributed by atoms with E-state index in [1.54, 1.807) is 6.07 Å². The molecule has 2 aliphatic heterocycles. The summed E-state index contributed by atoms with van der Waals surface area (Å²) in [7, 11) is 2.00. The molecule has 2 aliphatic rings. The van der Waals surface area contributed by atoms with Crippen molar-refractivity contribution >= 4 is 11.8 Å². The van der Waals surface area contributed by atoms with Crippen molar-refractivity contribution in [3.05, 3.63) is 35.6 Å². The number of nitrogens with zero attached hydrogens (tertiary/aromatic N) is 3. The summed E-state index contributed by atoms with van der Waals surface area (Å²) in [5.41, 5.74) is 0.837. The molecule has 6 heteroatoms. The van der Waals surface area contributed by atoms with E-state index in [0.717, 1.165) is 24.9 Å². The third-order valence-electron chi connectivity index (χ3n) is 5.56. The molecule has 2 amide bonds. The Morgan fingerprint density at radius 1 is 1.15 bits per heavy atom. The quantitative estimate of drug-likeness (QED) is 0.821. The molecule has 2 atom stereocenters. The molecule has 26 heavy (non-hydrogen) atoms. The SMILES string of the molecule is CC(Cc1cccc(F)c1)C(=O)N1CCN(C(=O)C2CCCN2C)CC1. The van der Waals surface area contributed by atoms with Crippen LogP contribution in [0.2, 0.25) is 0 Å². The van der Waals surface area contributed by atoms with Gasteiger partial charge in [-0.05, 0) is 50.6 Å². The first-order valence-corrected chi connectivity index (χ1v) is 9.48. The lowest BCUT2D eigenvalue weighted by Gasteiger charge is -2.37. The number of carbonyl (C=O) groups excluding carboxylic acids is 2. The lowest BCUT2D eigenvalue weighted by molar-refractivity contribution is -0.143. The zero-order valence-electron chi connectivity index (χ0n) is 15.7. The number of hydrogen-bond acceptors (Lipinski definition) is 3. The topological polar surface area (TPSA) is 43.9 Å². The van der Waals surface area contributed by atoms with E-state index in [1.807, 2.05) is 29.8 Å². The number of likely N-dealkylation sites (tertiary alicyclic amines) is 1. The molecule has 1 aromatic carbocycles. The molecule has 2 saturated heterocycles. The number of halogens is 1. The number of carbonyl (C=O) groups is 2. The van der Waals surface area contributed by atoms with Crippen LogP contribution in [0.15, 0.2) is 24.3 Å². The van der Waals surface area contributed by atoms with Gasteiger partial charge in [0.15, 0.2) is 0 Å². The Morgan fingerprint density at radius 3 is 2.46 bits per heavy atom. The second kappa shape index (κ2) is 8.16. The molecule has 2 unspecified atom stereocenters. The lowest BCUT2D eigenvalue weighted by Crippen LogP contribution is -2.55. The van der Waals surface area contributed by atoms with Crippen LogP contribution in [0.1, 0.15) is 25.3 Å². The number of hydrogen-bond donors (Lipinski definition) is 0. The second-order valence-electron chi connectivity index (χ2n) is 7.52. The van der Waals surface area contributed by atoms with Gasteiger partial charge in [0, 0.05) is 32.1 Å². The van der Waals surface area contributed by atoms with Gasteiger partial charge in [-0.1, -0.05) is 19.1 Å². The van der Waals surface area contributed by atoms with Crippen molar-refractivity contribution in [3.63, 3.8) is 0 Å². The molecule has 0 aliphatic carbocycles. The van der Waals surface area contributed by atoms with Crippen molar-refractivity contribution in [1.82, 2.24) is 14.7 Å². The molecule has 0 spiro atoms. The van der Waals surface area contributed by atoms with E-state index in [-0.39, 0.29) is 29.6 Å². The van der Waals surface area contributed by atoms with Crippen molar-refractivity contribution in [3.8, 4) is 0 Å². The van der Waals surface area contributed by atoms with Gasteiger partial charge in [-0.3, -0.25) is 14.5 Å². The fraction of sp³-hybridized carbons (Fsp3) is 0.600. The minimum atomic E-state index is -0.272. The predicted octanol–water partition coefficient (Wildman–Crippen LogP) is 1.77. The Balaban J connectivity index is 1.50. The number of rotatable bonds is 4. The van der Waals surface area contributed by atoms with Gasteiger partial charge >= 0.3 is 0 Å². The van der Waals surface area contributed by atoms with Crippen LogP contribution < -0.4 is 0 Å². The highest BCUT2D eigenvalue weighted by Crippen LogP contribution is 2.19. The average Bonchev–Trinajstić information content (AvgIpc) is 3.06. The summed E-state index contributed by atoms with van der Waals surface area (Å²) in [6.45, 7) is 5.22. The van der Waals surface area contributed by atoms with Crippen LogP contribution in [0.4, 0.5) is 4.39 Å². The van der Waals surface area contributed by atoms with Gasteiger partial charge in [0.05, 0.1) is 6.04 Å². The van der Waals surface area contributed by atoms with Gasteiger partial charge in [0.2, 0.25) is 11.8 Å². The molecule has 2 fully saturated rings. The zero-order chi connectivity index (χ0) is 18.7. The Morgan fingerprint density at radius 2 is 1.85 bits per heavy atom. The zero-order valence-corrected chi connectivity index (χ0v) is 15.7. The minimum Gasteiger partial charge on any atom is -0.339 e. The Hall–Kier alpha value is -1.95. The minimum absolute atomic E-state index is 0.00384. The average molecular weight is 361 g/mol. The van der Waals surface area contributed by atoms with E-state index in [9.17, 15) is 14.0 Å². The van der Waals surface area contributed by atoms with E-state index in [0.29, 0.717) is 32.6 Å². The van der Waals surface area contributed by atoms with Crippen molar-refractivity contribution < 1.29 is 14.0 Å². The normalized spacial score (nSPS) is 22.5. The molecule has 142 valence electrons. The van der Waals surface area contributed by atoms with Crippen LogP contribution in [0.5, 0.6) is 0 Å². The molecular weight excluding hydrogens is 333 g/mol. The van der Waals surface area contributed by atoms with Crippen LogP contribution in [0.3, 0.4) is 0 Å². The fourth-order valence-electron chi connectivity index (χ4n) is 4.00. The fourth-order valence-corrected chi connectivity index (χ4v) is 4.00. The summed E-state index contributed by atoms with van der Waals surface area (Å²) in [4.78, 5) is 31.2. The maximum Gasteiger partial charge on any atom is 0.240 e. The molecule has 5 nitrogen and oxygen atoms in total. The van der Waals surface area contributed by atoms with Gasteiger partial charge in [0.25, 0.3) is 0 Å². The number of likely N-dealkylation sites (N-methyl/N-ethyl adjacent to an activating group) is 1. The molecule has 2 heterocycles. The predicted molar refractivity (Wildman–Crippen MR) is 98.1 cm³/mol. The van der Waals surface area contributed by atoms with Crippen LogP contribution in [0.25, 0.3) is 0 Å². The summed E-state index contributed by atoms with van der Waals surface area (Å²) in [5.74, 6) is -0.185. The first-order chi connectivity index (χ1) is 12.5. The standard InChI is InChI=1S/C20H28FN3O2/c1-15(13-16-5-3-6-17(21)14-16)19(25)23-9-11-24(12-10-23)20(26)18-7-4-8-22(18)2/h3,5-6,14-15,18H,4,7-13H2,1-2H3. The molecule has 0 saturated carbocycles. The maximum absolute atomic E-state index is 13.3. The van der Waals surface area contributed by atoms with E-state index in [1.165, 1.54) is 12.1 Å². The first-order valence-electron chi connectivity index (χ1n) is 9.48. The van der Waals surface area contributed by atoms with E-state index in [2.05, 4.69) is 4.90 Å². The van der Waals surface area contributed by atoms with Gasteiger partial charge in [-0.2, -0.15) is 0 Å². The van der Waals surface area contributed by atoms with Gasteiger partial charge < -0.3 is 9.80 Å². The van der Waals surface area contributed by atoms with Crippen LogP contribution in [-0.2, 0) is 16.0 Å². The van der Waals surface area contributed by atoms with Crippen molar-refractivity contribution in [2.45, 2.75) is 32.2 Å². The highest BCUT2D eigenvalue weighted by molar-refractivity contribution is 5.83. The summed E-state index contributed by atoms with van der Waals surface area (Å²) >= 11 is 0. The summed E-state index contributed by atoms with van der Waals surface area (Å²) in [6.07, 6.45) is 2.53. The van der Waals surface area contributed by atoms with Gasteiger partial charge in [0.1, 0.15) is 5.82 Å². The maximum atomic E-state index is 13.3. The molecule has 0 aromatic heterocycles. The summed E-state index contributed by atoms with van der Waals surface area (Å²) < 4.78 is 13.3. The van der Waals surface area contributed by atoms with E-state index < -0.39 is 0 Å². The summed E-state index contributed by atoms with van der Waals surface area (Å²) in [5, 5.41) is 0. The highest BCUT2D eigenvalue weighted by atomic mass is 19.1. The Kier molecular flexibility index (Phi) is 5.91. The largest absolute Gasteiger partial charge is 0.339 e. The van der Waals surface area contributed by atoms with E-state index in [4.69, 9.17) is 0 Å². The van der Waals surface area contributed by atoms with Gasteiger partial charge in [-0.25, -0.2) is 4.39 Å². The van der Waals surface area contributed by atoms with Crippen LogP contribution in [0, 0.1) is 11.7 Å². The van der Waals surface area contributed by atoms with Crippen molar-refractivity contribution in [2.75, 3.05) is 39.8 Å². The molecule has 0 bridgehead atoms. The molecular formula is C20H28FN3O2. The summed E-state index contributed by atoms with van der Waals surface area (Å²) in [6, 6.07) is 6.42. The number of benzene rings is 1. The first kappa shape index (κ1) is 18.8. The third-order valence-corrected chi connectivity index (χ3v) is 5.56. The monoisotopic (exact) mass is 361 g/mol. The highest BCUT2D eigenvalue weighted by Gasteiger charge is 2.34. The molecule has 1 aromatic rings. The smallest absolute Gasteiger partial charge is 0.240 e. The Bertz CT molecular complexity index is 658. The molecule has 3 rings (SSSR count). The number of amides is 2. The number of piperazine rings is 1. The van der Waals surface area contributed by atoms with Crippen LogP contribution in [-0.4, -0.2) is 72.3 Å². The van der Waals surface area contributed by atoms with E-state index >= 15 is 0 Å². The second-order valence-corrected chi connectivity index (χ2v) is 7.52.